The average Bonchev–Trinajstić information content (AvgIpc) is 3.32. The van der Waals surface area contributed by atoms with Crippen molar-refractivity contribution in [3.05, 3.63) is 54.6 Å². The highest BCUT2D eigenvalue weighted by molar-refractivity contribution is 6.03. The SMILES string of the molecule is Cn1ccnc1-c1cccc(NC(=O)c2ccn(C3CCCNC3)n2)c1. The van der Waals surface area contributed by atoms with Crippen molar-refractivity contribution in [2.24, 2.45) is 7.05 Å². The molecule has 3 heterocycles. The maximum Gasteiger partial charge on any atom is 0.276 e. The smallest absolute Gasteiger partial charge is 0.276 e. The molecule has 1 aliphatic rings. The number of carbonyl (C=O) groups is 1. The molecule has 1 aliphatic heterocycles. The molecule has 0 aliphatic carbocycles. The molecule has 0 saturated carbocycles. The lowest BCUT2D eigenvalue weighted by atomic mass is 10.1. The Labute approximate surface area is 152 Å². The lowest BCUT2D eigenvalue weighted by molar-refractivity contribution is 0.102. The van der Waals surface area contributed by atoms with E-state index < -0.39 is 0 Å². The Morgan fingerprint density at radius 3 is 3.00 bits per heavy atom. The summed E-state index contributed by atoms with van der Waals surface area (Å²) in [6, 6.07) is 9.76. The fraction of sp³-hybridized carbons (Fsp3) is 0.316. The third-order valence-corrected chi connectivity index (χ3v) is 4.69. The van der Waals surface area contributed by atoms with Gasteiger partial charge < -0.3 is 15.2 Å². The summed E-state index contributed by atoms with van der Waals surface area (Å²) in [6.45, 7) is 1.95. The lowest BCUT2D eigenvalue weighted by Gasteiger charge is -2.22. The van der Waals surface area contributed by atoms with E-state index in [1.165, 1.54) is 0 Å². The molecule has 1 unspecified atom stereocenters. The minimum atomic E-state index is -0.204. The maximum atomic E-state index is 12.6. The number of hydrogen-bond donors (Lipinski definition) is 2. The fourth-order valence-corrected chi connectivity index (χ4v) is 3.30. The molecule has 7 heteroatoms. The van der Waals surface area contributed by atoms with Crippen LogP contribution in [0.25, 0.3) is 11.4 Å². The number of anilines is 1. The molecule has 134 valence electrons. The Bertz CT molecular complexity index is 906. The molecule has 2 aromatic heterocycles. The van der Waals surface area contributed by atoms with E-state index in [9.17, 15) is 4.79 Å². The Kier molecular flexibility index (Phi) is 4.53. The van der Waals surface area contributed by atoms with Crippen LogP contribution in [0.1, 0.15) is 29.4 Å². The standard InChI is InChI=1S/C19H22N6O/c1-24-11-9-21-18(24)14-4-2-5-15(12-14)22-19(26)17-7-10-25(23-17)16-6-3-8-20-13-16/h2,4-5,7,9-12,16,20H,3,6,8,13H2,1H3,(H,22,26). The zero-order valence-electron chi connectivity index (χ0n) is 14.7. The van der Waals surface area contributed by atoms with E-state index in [1.807, 2.05) is 53.0 Å². The number of rotatable bonds is 4. The Morgan fingerprint density at radius 2 is 2.23 bits per heavy atom. The summed E-state index contributed by atoms with van der Waals surface area (Å²) >= 11 is 0. The van der Waals surface area contributed by atoms with Gasteiger partial charge >= 0.3 is 0 Å². The van der Waals surface area contributed by atoms with E-state index in [1.54, 1.807) is 12.3 Å². The van der Waals surface area contributed by atoms with Crippen LogP contribution in [0.15, 0.2) is 48.9 Å². The van der Waals surface area contributed by atoms with Gasteiger partial charge in [-0.05, 0) is 37.6 Å². The summed E-state index contributed by atoms with van der Waals surface area (Å²) in [5, 5.41) is 10.8. The first-order valence-corrected chi connectivity index (χ1v) is 8.86. The van der Waals surface area contributed by atoms with Crippen LogP contribution >= 0.6 is 0 Å². The number of imidazole rings is 1. The van der Waals surface area contributed by atoms with Crippen LogP contribution in [0, 0.1) is 0 Å². The molecular formula is C19H22N6O. The minimum Gasteiger partial charge on any atom is -0.334 e. The summed E-state index contributed by atoms with van der Waals surface area (Å²) in [4.78, 5) is 16.9. The minimum absolute atomic E-state index is 0.204. The van der Waals surface area contributed by atoms with Gasteiger partial charge in [0.1, 0.15) is 5.82 Å². The van der Waals surface area contributed by atoms with Crippen LogP contribution in [0.5, 0.6) is 0 Å². The quantitative estimate of drug-likeness (QED) is 0.758. The van der Waals surface area contributed by atoms with Crippen LogP contribution in [0.2, 0.25) is 0 Å². The maximum absolute atomic E-state index is 12.6. The first-order valence-electron chi connectivity index (χ1n) is 8.86. The van der Waals surface area contributed by atoms with E-state index in [4.69, 9.17) is 0 Å². The normalized spacial score (nSPS) is 17.2. The monoisotopic (exact) mass is 350 g/mol. The second-order valence-corrected chi connectivity index (χ2v) is 6.58. The van der Waals surface area contributed by atoms with Crippen molar-refractivity contribution in [1.82, 2.24) is 24.6 Å². The van der Waals surface area contributed by atoms with Gasteiger partial charge in [0.2, 0.25) is 0 Å². The average molecular weight is 350 g/mol. The van der Waals surface area contributed by atoms with Gasteiger partial charge in [-0.3, -0.25) is 9.48 Å². The van der Waals surface area contributed by atoms with Gasteiger partial charge in [0, 0.05) is 43.4 Å². The summed E-state index contributed by atoms with van der Waals surface area (Å²) in [7, 11) is 1.94. The second kappa shape index (κ2) is 7.13. The largest absolute Gasteiger partial charge is 0.334 e. The molecule has 1 saturated heterocycles. The van der Waals surface area contributed by atoms with Crippen LogP contribution in [-0.4, -0.2) is 38.3 Å². The summed E-state index contributed by atoms with van der Waals surface area (Å²) in [5.74, 6) is 0.652. The first-order chi connectivity index (χ1) is 12.7. The molecule has 4 rings (SSSR count). The summed E-state index contributed by atoms with van der Waals surface area (Å²) in [6.07, 6.45) is 7.76. The van der Waals surface area contributed by atoms with Crippen LogP contribution in [0.3, 0.4) is 0 Å². The van der Waals surface area contributed by atoms with Crippen molar-refractivity contribution < 1.29 is 4.79 Å². The topological polar surface area (TPSA) is 76.8 Å². The van der Waals surface area contributed by atoms with Crippen molar-refractivity contribution >= 4 is 11.6 Å². The molecule has 0 spiro atoms. The number of aryl methyl sites for hydroxylation is 1. The molecule has 0 bridgehead atoms. The molecular weight excluding hydrogens is 328 g/mol. The van der Waals surface area contributed by atoms with Gasteiger partial charge in [-0.2, -0.15) is 5.10 Å². The first kappa shape index (κ1) is 16.5. The van der Waals surface area contributed by atoms with Gasteiger partial charge in [-0.1, -0.05) is 12.1 Å². The number of nitrogens with zero attached hydrogens (tertiary/aromatic N) is 4. The molecule has 1 atom stereocenters. The van der Waals surface area contributed by atoms with Crippen molar-refractivity contribution in [3.8, 4) is 11.4 Å². The van der Waals surface area contributed by atoms with Crippen LogP contribution < -0.4 is 10.6 Å². The van der Waals surface area contributed by atoms with E-state index in [0.717, 1.165) is 43.0 Å². The zero-order chi connectivity index (χ0) is 17.9. The van der Waals surface area contributed by atoms with E-state index in [-0.39, 0.29) is 5.91 Å². The number of benzene rings is 1. The molecule has 26 heavy (non-hydrogen) atoms. The fourth-order valence-electron chi connectivity index (χ4n) is 3.30. The van der Waals surface area contributed by atoms with Crippen LogP contribution in [0.4, 0.5) is 5.69 Å². The third-order valence-electron chi connectivity index (χ3n) is 4.69. The van der Waals surface area contributed by atoms with Gasteiger partial charge in [0.15, 0.2) is 5.69 Å². The highest BCUT2D eigenvalue weighted by Gasteiger charge is 2.18. The number of amides is 1. The summed E-state index contributed by atoms with van der Waals surface area (Å²) in [5.41, 5.74) is 2.11. The van der Waals surface area contributed by atoms with Crippen LogP contribution in [-0.2, 0) is 7.05 Å². The third kappa shape index (κ3) is 3.39. The van der Waals surface area contributed by atoms with Gasteiger partial charge in [0.05, 0.1) is 6.04 Å². The summed E-state index contributed by atoms with van der Waals surface area (Å²) < 4.78 is 3.84. The number of piperidine rings is 1. The Hall–Kier alpha value is -2.93. The molecule has 0 radical (unpaired) electrons. The van der Waals surface area contributed by atoms with Crippen molar-refractivity contribution in [2.75, 3.05) is 18.4 Å². The van der Waals surface area contributed by atoms with Crippen molar-refractivity contribution in [1.29, 1.82) is 0 Å². The van der Waals surface area contributed by atoms with E-state index in [0.29, 0.717) is 11.7 Å². The van der Waals surface area contributed by atoms with Gasteiger partial charge in [-0.25, -0.2) is 4.98 Å². The molecule has 2 N–H and O–H groups in total. The lowest BCUT2D eigenvalue weighted by Crippen LogP contribution is -2.32. The zero-order valence-corrected chi connectivity index (χ0v) is 14.7. The Balaban J connectivity index is 1.48. The van der Waals surface area contributed by atoms with Crippen molar-refractivity contribution in [3.63, 3.8) is 0 Å². The highest BCUT2D eigenvalue weighted by atomic mass is 16.1. The molecule has 3 aromatic rings. The molecule has 1 amide bonds. The highest BCUT2D eigenvalue weighted by Crippen LogP contribution is 2.21. The van der Waals surface area contributed by atoms with Gasteiger partial charge in [-0.15, -0.1) is 0 Å². The molecule has 1 aromatic carbocycles. The van der Waals surface area contributed by atoms with E-state index in [2.05, 4.69) is 20.7 Å². The van der Waals surface area contributed by atoms with Crippen molar-refractivity contribution in [2.45, 2.75) is 18.9 Å². The van der Waals surface area contributed by atoms with E-state index >= 15 is 0 Å². The number of aromatic nitrogens is 4. The Morgan fingerprint density at radius 1 is 1.31 bits per heavy atom. The number of hydrogen-bond acceptors (Lipinski definition) is 4. The second-order valence-electron chi connectivity index (χ2n) is 6.58. The number of nitrogens with one attached hydrogen (secondary N) is 2. The number of carbonyl (C=O) groups excluding carboxylic acids is 1. The van der Waals surface area contributed by atoms with Gasteiger partial charge in [0.25, 0.3) is 5.91 Å². The molecule has 7 nitrogen and oxygen atoms in total. The molecule has 1 fully saturated rings. The predicted octanol–water partition coefficient (Wildman–Crippen LogP) is 2.46. The predicted molar refractivity (Wildman–Crippen MR) is 100.0 cm³/mol.